The Morgan fingerprint density at radius 3 is 2.70 bits per heavy atom. The number of benzene rings is 1. The average molecular weight is 279 g/mol. The van der Waals surface area contributed by atoms with Crippen molar-refractivity contribution in [2.45, 2.75) is 38.8 Å². The molecule has 0 saturated carbocycles. The molecule has 112 valence electrons. The minimum atomic E-state index is 0.338. The second-order valence-electron chi connectivity index (χ2n) is 5.59. The monoisotopic (exact) mass is 279 g/mol. The molecule has 1 saturated heterocycles. The van der Waals surface area contributed by atoms with Gasteiger partial charge in [0.1, 0.15) is 11.5 Å². The minimum Gasteiger partial charge on any atom is -0.497 e. The summed E-state index contributed by atoms with van der Waals surface area (Å²) in [5, 5.41) is 3.58. The van der Waals surface area contributed by atoms with Crippen LogP contribution in [0.15, 0.2) is 18.2 Å². The van der Waals surface area contributed by atoms with Gasteiger partial charge in [-0.25, -0.2) is 0 Å². The lowest BCUT2D eigenvalue weighted by Crippen LogP contribution is -2.36. The van der Waals surface area contributed by atoms with Crippen LogP contribution >= 0.6 is 0 Å². The Balaban J connectivity index is 2.05. The smallest absolute Gasteiger partial charge is 0.145 e. The van der Waals surface area contributed by atoms with Gasteiger partial charge < -0.3 is 19.5 Å². The molecule has 1 fully saturated rings. The van der Waals surface area contributed by atoms with Crippen LogP contribution in [-0.4, -0.2) is 33.0 Å². The largest absolute Gasteiger partial charge is 0.497 e. The molecule has 2 atom stereocenters. The lowest BCUT2D eigenvalue weighted by atomic mass is 9.95. The van der Waals surface area contributed by atoms with Crippen molar-refractivity contribution < 1.29 is 14.2 Å². The summed E-state index contributed by atoms with van der Waals surface area (Å²) in [7, 11) is 3.34. The molecule has 1 N–H and O–H groups in total. The maximum Gasteiger partial charge on any atom is 0.145 e. The Kier molecular flexibility index (Phi) is 5.12. The minimum absolute atomic E-state index is 0.338. The van der Waals surface area contributed by atoms with Gasteiger partial charge in [-0.3, -0.25) is 0 Å². The highest BCUT2D eigenvalue weighted by Gasteiger charge is 2.25. The summed E-state index contributed by atoms with van der Waals surface area (Å²) >= 11 is 0. The Labute approximate surface area is 121 Å². The molecular formula is C16H25NO3. The molecule has 0 aliphatic carbocycles. The first-order valence-electron chi connectivity index (χ1n) is 7.24. The molecule has 0 radical (unpaired) electrons. The highest BCUT2D eigenvalue weighted by molar-refractivity contribution is 5.59. The average Bonchev–Trinajstić information content (AvgIpc) is 2.48. The van der Waals surface area contributed by atoms with Gasteiger partial charge in [0.25, 0.3) is 0 Å². The zero-order chi connectivity index (χ0) is 14.5. The molecule has 20 heavy (non-hydrogen) atoms. The highest BCUT2D eigenvalue weighted by Crippen LogP contribution is 2.31. The zero-order valence-electron chi connectivity index (χ0n) is 12.8. The normalized spacial score (nSPS) is 22.6. The van der Waals surface area contributed by atoms with E-state index in [1.165, 1.54) is 0 Å². The number of hydrogen-bond donors (Lipinski definition) is 1. The van der Waals surface area contributed by atoms with E-state index < -0.39 is 0 Å². The fourth-order valence-corrected chi connectivity index (χ4v) is 2.56. The summed E-state index contributed by atoms with van der Waals surface area (Å²) in [4.78, 5) is 0. The van der Waals surface area contributed by atoms with Gasteiger partial charge in [0, 0.05) is 18.7 Å². The van der Waals surface area contributed by atoms with Gasteiger partial charge in [-0.2, -0.15) is 0 Å². The first-order chi connectivity index (χ1) is 9.63. The summed E-state index contributed by atoms with van der Waals surface area (Å²) in [5.41, 5.74) is 1.02. The summed E-state index contributed by atoms with van der Waals surface area (Å²) in [6.07, 6.45) is 2.40. The molecule has 4 nitrogen and oxygen atoms in total. The number of anilines is 1. The number of nitrogens with one attached hydrogen (secondary N) is 1. The van der Waals surface area contributed by atoms with E-state index in [1.54, 1.807) is 14.2 Å². The molecule has 1 heterocycles. The van der Waals surface area contributed by atoms with Crippen LogP contribution in [0.25, 0.3) is 0 Å². The zero-order valence-corrected chi connectivity index (χ0v) is 12.8. The van der Waals surface area contributed by atoms with Crippen molar-refractivity contribution >= 4 is 5.69 Å². The Morgan fingerprint density at radius 2 is 2.05 bits per heavy atom. The van der Waals surface area contributed by atoms with Gasteiger partial charge in [0.2, 0.25) is 0 Å². The Hall–Kier alpha value is -1.42. The van der Waals surface area contributed by atoms with Crippen LogP contribution in [0.1, 0.15) is 26.7 Å². The number of ether oxygens (including phenoxy) is 3. The third-order valence-electron chi connectivity index (χ3n) is 3.83. The third-order valence-corrected chi connectivity index (χ3v) is 3.83. The molecule has 1 aromatic rings. The quantitative estimate of drug-likeness (QED) is 0.897. The molecule has 0 bridgehead atoms. The van der Waals surface area contributed by atoms with Crippen LogP contribution < -0.4 is 14.8 Å². The summed E-state index contributed by atoms with van der Waals surface area (Å²) in [6.45, 7) is 5.24. The van der Waals surface area contributed by atoms with Crippen LogP contribution in [-0.2, 0) is 4.74 Å². The lowest BCUT2D eigenvalue weighted by Gasteiger charge is -2.33. The van der Waals surface area contributed by atoms with E-state index in [-0.39, 0.29) is 0 Å². The summed E-state index contributed by atoms with van der Waals surface area (Å²) in [6, 6.07) is 6.29. The van der Waals surface area contributed by atoms with Crippen molar-refractivity contribution in [1.29, 1.82) is 0 Å². The van der Waals surface area contributed by atoms with Crippen molar-refractivity contribution in [3.05, 3.63) is 18.2 Å². The van der Waals surface area contributed by atoms with Gasteiger partial charge in [0.15, 0.2) is 0 Å². The SMILES string of the molecule is COc1ccc(NC2CCOC(C(C)C)C2)c(OC)c1. The molecule has 4 heteroatoms. The number of methoxy groups -OCH3 is 2. The maximum atomic E-state index is 5.81. The first-order valence-corrected chi connectivity index (χ1v) is 7.24. The third kappa shape index (κ3) is 3.57. The Morgan fingerprint density at radius 1 is 1.25 bits per heavy atom. The second-order valence-corrected chi connectivity index (χ2v) is 5.59. The van der Waals surface area contributed by atoms with Crippen molar-refractivity contribution in [3.8, 4) is 11.5 Å². The molecule has 1 aliphatic heterocycles. The molecule has 2 unspecified atom stereocenters. The maximum absolute atomic E-state index is 5.81. The fraction of sp³-hybridized carbons (Fsp3) is 0.625. The van der Waals surface area contributed by atoms with E-state index in [9.17, 15) is 0 Å². The predicted molar refractivity (Wildman–Crippen MR) is 80.8 cm³/mol. The Bertz CT molecular complexity index is 434. The van der Waals surface area contributed by atoms with E-state index in [0.29, 0.717) is 18.1 Å². The van der Waals surface area contributed by atoms with E-state index in [1.807, 2.05) is 18.2 Å². The van der Waals surface area contributed by atoms with Crippen LogP contribution in [0.4, 0.5) is 5.69 Å². The van der Waals surface area contributed by atoms with Crippen LogP contribution in [0.2, 0.25) is 0 Å². The molecule has 2 rings (SSSR count). The van der Waals surface area contributed by atoms with Crippen molar-refractivity contribution in [2.24, 2.45) is 5.92 Å². The molecule has 1 aromatic carbocycles. The first kappa shape index (κ1) is 15.0. The van der Waals surface area contributed by atoms with Gasteiger partial charge in [0.05, 0.1) is 26.0 Å². The fourth-order valence-electron chi connectivity index (χ4n) is 2.56. The van der Waals surface area contributed by atoms with Crippen molar-refractivity contribution in [2.75, 3.05) is 26.1 Å². The molecule has 0 aromatic heterocycles. The molecule has 0 spiro atoms. The standard InChI is InChI=1S/C16H25NO3/c1-11(2)15-9-12(7-8-20-15)17-14-6-5-13(18-3)10-16(14)19-4/h5-6,10-12,15,17H,7-9H2,1-4H3. The molecule has 1 aliphatic rings. The van der Waals surface area contributed by atoms with Crippen molar-refractivity contribution in [3.63, 3.8) is 0 Å². The van der Waals surface area contributed by atoms with Gasteiger partial charge >= 0.3 is 0 Å². The molecule has 0 amide bonds. The van der Waals surface area contributed by atoms with Crippen LogP contribution in [0.3, 0.4) is 0 Å². The van der Waals surface area contributed by atoms with Crippen LogP contribution in [0.5, 0.6) is 11.5 Å². The van der Waals surface area contributed by atoms with Crippen LogP contribution in [0, 0.1) is 5.92 Å². The van der Waals surface area contributed by atoms with E-state index in [4.69, 9.17) is 14.2 Å². The number of rotatable bonds is 5. The van der Waals surface area contributed by atoms with E-state index >= 15 is 0 Å². The summed E-state index contributed by atoms with van der Waals surface area (Å²) < 4.78 is 16.5. The summed E-state index contributed by atoms with van der Waals surface area (Å²) in [5.74, 6) is 2.17. The van der Waals surface area contributed by atoms with Gasteiger partial charge in [-0.1, -0.05) is 13.8 Å². The molecular weight excluding hydrogens is 254 g/mol. The van der Waals surface area contributed by atoms with Gasteiger partial charge in [-0.15, -0.1) is 0 Å². The van der Waals surface area contributed by atoms with E-state index in [2.05, 4.69) is 19.2 Å². The second kappa shape index (κ2) is 6.84. The lowest BCUT2D eigenvalue weighted by molar-refractivity contribution is -0.0161. The predicted octanol–water partition coefficient (Wildman–Crippen LogP) is 3.32. The topological polar surface area (TPSA) is 39.7 Å². The highest BCUT2D eigenvalue weighted by atomic mass is 16.5. The van der Waals surface area contributed by atoms with Crippen molar-refractivity contribution in [1.82, 2.24) is 0 Å². The number of hydrogen-bond acceptors (Lipinski definition) is 4. The van der Waals surface area contributed by atoms with Gasteiger partial charge in [-0.05, 0) is 30.9 Å². The van der Waals surface area contributed by atoms with E-state index in [0.717, 1.165) is 36.6 Å².